The summed E-state index contributed by atoms with van der Waals surface area (Å²) in [7, 11) is 0. The van der Waals surface area contributed by atoms with Crippen LogP contribution in [0.15, 0.2) is 0 Å². The highest BCUT2D eigenvalue weighted by Gasteiger charge is 2.28. The third-order valence-corrected chi connectivity index (χ3v) is 2.34. The average molecular weight is 182 g/mol. The van der Waals surface area contributed by atoms with Gasteiger partial charge in [0.05, 0.1) is 19.1 Å². The second kappa shape index (κ2) is 3.43. The van der Waals surface area contributed by atoms with E-state index in [0.29, 0.717) is 13.2 Å². The molecule has 72 valence electrons. The molecule has 1 aromatic heterocycles. The van der Waals surface area contributed by atoms with Crippen LogP contribution in [0.3, 0.4) is 0 Å². The fourth-order valence-corrected chi connectivity index (χ4v) is 1.49. The normalized spacial score (nSPS) is 28.2. The summed E-state index contributed by atoms with van der Waals surface area (Å²) in [5.74, 6) is 1.89. The number of nitrogens with one attached hydrogen (secondary N) is 1. The molecule has 3 N–H and O–H groups in total. The molecule has 1 fully saturated rings. The predicted octanol–water partition coefficient (Wildman–Crippen LogP) is -0.192. The van der Waals surface area contributed by atoms with Crippen LogP contribution in [0.25, 0.3) is 0 Å². The Morgan fingerprint density at radius 2 is 2.46 bits per heavy atom. The molecule has 0 bridgehead atoms. The Kier molecular flexibility index (Phi) is 2.28. The van der Waals surface area contributed by atoms with Gasteiger partial charge in [0.15, 0.2) is 0 Å². The molecule has 0 amide bonds. The molecule has 1 aliphatic heterocycles. The van der Waals surface area contributed by atoms with Gasteiger partial charge in [-0.15, -0.1) is 0 Å². The predicted molar refractivity (Wildman–Crippen MR) is 47.3 cm³/mol. The first kappa shape index (κ1) is 8.65. The molecule has 0 saturated carbocycles. The van der Waals surface area contributed by atoms with E-state index in [1.165, 1.54) is 0 Å². The van der Waals surface area contributed by atoms with Crippen molar-refractivity contribution in [1.82, 2.24) is 15.2 Å². The van der Waals surface area contributed by atoms with E-state index in [1.54, 1.807) is 0 Å². The monoisotopic (exact) mass is 182 g/mol. The zero-order valence-corrected chi connectivity index (χ0v) is 7.66. The van der Waals surface area contributed by atoms with E-state index in [-0.39, 0.29) is 12.0 Å². The van der Waals surface area contributed by atoms with Gasteiger partial charge in [-0.2, -0.15) is 5.10 Å². The van der Waals surface area contributed by atoms with Gasteiger partial charge in [0.2, 0.25) is 0 Å². The largest absolute Gasteiger partial charge is 0.379 e. The second-order valence-electron chi connectivity index (χ2n) is 3.30. The van der Waals surface area contributed by atoms with E-state index in [1.807, 2.05) is 6.92 Å². The van der Waals surface area contributed by atoms with E-state index in [0.717, 1.165) is 18.1 Å². The van der Waals surface area contributed by atoms with Crippen LogP contribution in [-0.4, -0.2) is 34.4 Å². The molecule has 0 aromatic carbocycles. The zero-order valence-electron chi connectivity index (χ0n) is 7.66. The van der Waals surface area contributed by atoms with E-state index in [9.17, 15) is 0 Å². The smallest absolute Gasteiger partial charge is 0.150 e. The van der Waals surface area contributed by atoms with Crippen molar-refractivity contribution in [3.05, 3.63) is 11.6 Å². The minimum atomic E-state index is 0.0534. The highest BCUT2D eigenvalue weighted by atomic mass is 16.5. The van der Waals surface area contributed by atoms with Crippen molar-refractivity contribution < 1.29 is 4.74 Å². The minimum Gasteiger partial charge on any atom is -0.379 e. The maximum absolute atomic E-state index is 5.85. The Hall–Kier alpha value is -0.940. The molecule has 2 rings (SSSR count). The number of ether oxygens (including phenoxy) is 1. The quantitative estimate of drug-likeness (QED) is 0.664. The Bertz CT molecular complexity index is 285. The Labute approximate surface area is 76.7 Å². The number of aromatic amines is 1. The van der Waals surface area contributed by atoms with E-state index in [2.05, 4.69) is 15.2 Å². The molecule has 0 spiro atoms. The molecule has 1 saturated heterocycles. The molecule has 0 unspecified atom stereocenters. The zero-order chi connectivity index (χ0) is 9.26. The molecule has 2 heterocycles. The SMILES string of the molecule is CCc1n[nH]c([C@H]2COC[C@H]2N)n1. The summed E-state index contributed by atoms with van der Waals surface area (Å²) in [6.45, 7) is 3.30. The van der Waals surface area contributed by atoms with E-state index >= 15 is 0 Å². The summed E-state index contributed by atoms with van der Waals surface area (Å²) in [4.78, 5) is 4.33. The Morgan fingerprint density at radius 1 is 1.62 bits per heavy atom. The minimum absolute atomic E-state index is 0.0534. The van der Waals surface area contributed by atoms with Crippen LogP contribution in [-0.2, 0) is 11.2 Å². The van der Waals surface area contributed by atoms with Crippen LogP contribution >= 0.6 is 0 Å². The molecular weight excluding hydrogens is 168 g/mol. The third kappa shape index (κ3) is 1.57. The number of rotatable bonds is 2. The molecule has 0 aliphatic carbocycles. The van der Waals surface area contributed by atoms with Crippen molar-refractivity contribution in [1.29, 1.82) is 0 Å². The molecule has 0 radical (unpaired) electrons. The van der Waals surface area contributed by atoms with Crippen molar-refractivity contribution in [2.24, 2.45) is 5.73 Å². The van der Waals surface area contributed by atoms with Gasteiger partial charge in [-0.3, -0.25) is 5.10 Å². The van der Waals surface area contributed by atoms with Gasteiger partial charge in [-0.05, 0) is 0 Å². The summed E-state index contributed by atoms with van der Waals surface area (Å²) in [5.41, 5.74) is 5.85. The van der Waals surface area contributed by atoms with Crippen molar-refractivity contribution in [2.75, 3.05) is 13.2 Å². The number of hydrogen-bond acceptors (Lipinski definition) is 4. The molecule has 1 aromatic rings. The van der Waals surface area contributed by atoms with Gasteiger partial charge in [0, 0.05) is 12.5 Å². The first-order valence-corrected chi connectivity index (χ1v) is 4.55. The van der Waals surface area contributed by atoms with Crippen LogP contribution < -0.4 is 5.73 Å². The first-order chi connectivity index (χ1) is 6.31. The number of aromatic nitrogens is 3. The van der Waals surface area contributed by atoms with Gasteiger partial charge >= 0.3 is 0 Å². The maximum atomic E-state index is 5.85. The third-order valence-electron chi connectivity index (χ3n) is 2.34. The number of nitrogens with zero attached hydrogens (tertiary/aromatic N) is 2. The molecule has 5 heteroatoms. The number of aryl methyl sites for hydroxylation is 1. The summed E-state index contributed by atoms with van der Waals surface area (Å²) < 4.78 is 5.25. The van der Waals surface area contributed by atoms with E-state index in [4.69, 9.17) is 10.5 Å². The van der Waals surface area contributed by atoms with Crippen LogP contribution in [0, 0.1) is 0 Å². The van der Waals surface area contributed by atoms with Crippen molar-refractivity contribution in [3.8, 4) is 0 Å². The summed E-state index contributed by atoms with van der Waals surface area (Å²) in [6.07, 6.45) is 0.847. The number of H-pyrrole nitrogens is 1. The number of nitrogens with two attached hydrogens (primary N) is 1. The maximum Gasteiger partial charge on any atom is 0.150 e. The summed E-state index contributed by atoms with van der Waals surface area (Å²) >= 11 is 0. The van der Waals surface area contributed by atoms with Gasteiger partial charge in [-0.25, -0.2) is 4.98 Å². The lowest BCUT2D eigenvalue weighted by Crippen LogP contribution is -2.27. The van der Waals surface area contributed by atoms with Gasteiger partial charge in [0.1, 0.15) is 11.6 Å². The van der Waals surface area contributed by atoms with Crippen LogP contribution in [0.1, 0.15) is 24.5 Å². The molecule has 5 nitrogen and oxygen atoms in total. The van der Waals surface area contributed by atoms with Gasteiger partial charge in [0.25, 0.3) is 0 Å². The summed E-state index contributed by atoms with van der Waals surface area (Å²) in [5, 5.41) is 6.97. The Balaban J connectivity index is 2.15. The lowest BCUT2D eigenvalue weighted by Gasteiger charge is -2.07. The molecule has 13 heavy (non-hydrogen) atoms. The summed E-state index contributed by atoms with van der Waals surface area (Å²) in [6, 6.07) is 0.0534. The average Bonchev–Trinajstić information content (AvgIpc) is 2.71. The molecular formula is C8H14N4O. The van der Waals surface area contributed by atoms with Gasteiger partial charge < -0.3 is 10.5 Å². The van der Waals surface area contributed by atoms with Gasteiger partial charge in [-0.1, -0.05) is 6.92 Å². The number of hydrogen-bond donors (Lipinski definition) is 2. The van der Waals surface area contributed by atoms with Crippen LogP contribution in [0.5, 0.6) is 0 Å². The second-order valence-corrected chi connectivity index (χ2v) is 3.30. The standard InChI is InChI=1S/C8H14N4O/c1-2-7-10-8(12-11-7)5-3-13-4-6(5)9/h5-6H,2-4,9H2,1H3,(H,10,11,12)/t5-,6+/m0/s1. The fourth-order valence-electron chi connectivity index (χ4n) is 1.49. The van der Waals surface area contributed by atoms with Crippen LogP contribution in [0.4, 0.5) is 0 Å². The highest BCUT2D eigenvalue weighted by Crippen LogP contribution is 2.20. The topological polar surface area (TPSA) is 76.8 Å². The fraction of sp³-hybridized carbons (Fsp3) is 0.750. The highest BCUT2D eigenvalue weighted by molar-refractivity contribution is 5.04. The van der Waals surface area contributed by atoms with Crippen molar-refractivity contribution >= 4 is 0 Å². The molecule has 2 atom stereocenters. The van der Waals surface area contributed by atoms with E-state index < -0.39 is 0 Å². The first-order valence-electron chi connectivity index (χ1n) is 4.55. The van der Waals surface area contributed by atoms with Crippen molar-refractivity contribution in [2.45, 2.75) is 25.3 Å². The van der Waals surface area contributed by atoms with Crippen molar-refractivity contribution in [3.63, 3.8) is 0 Å². The lowest BCUT2D eigenvalue weighted by atomic mass is 10.0. The Morgan fingerprint density at radius 3 is 3.00 bits per heavy atom. The lowest BCUT2D eigenvalue weighted by molar-refractivity contribution is 0.190. The van der Waals surface area contributed by atoms with Crippen LogP contribution in [0.2, 0.25) is 0 Å². The molecule has 1 aliphatic rings.